The van der Waals surface area contributed by atoms with Gasteiger partial charge in [-0.25, -0.2) is 0 Å². The Kier molecular flexibility index (Phi) is 5.51. The number of benzene rings is 1. The maximum Gasteiger partial charge on any atom is 0.238 e. The summed E-state index contributed by atoms with van der Waals surface area (Å²) >= 11 is 0. The van der Waals surface area contributed by atoms with Crippen molar-refractivity contribution in [2.24, 2.45) is 0 Å². The van der Waals surface area contributed by atoms with E-state index in [0.717, 1.165) is 37.3 Å². The number of anilines is 2. The number of rotatable bonds is 5. The Labute approximate surface area is 144 Å². The lowest BCUT2D eigenvalue weighted by atomic mass is 10.00. The number of likely N-dealkylation sites (tertiary alicyclic amines) is 1. The van der Waals surface area contributed by atoms with Gasteiger partial charge in [0, 0.05) is 19.0 Å². The van der Waals surface area contributed by atoms with E-state index in [-0.39, 0.29) is 11.8 Å². The summed E-state index contributed by atoms with van der Waals surface area (Å²) in [5.41, 5.74) is 1.56. The number of carbonyl (C=O) groups is 2. The van der Waals surface area contributed by atoms with Gasteiger partial charge in [0.2, 0.25) is 11.8 Å². The smallest absolute Gasteiger partial charge is 0.238 e. The zero-order valence-electron chi connectivity index (χ0n) is 14.5. The molecule has 1 aromatic carbocycles. The number of nitrogens with one attached hydrogen (secondary N) is 1. The Bertz CT molecular complexity index is 602. The third-order valence-corrected chi connectivity index (χ3v) is 5.11. The van der Waals surface area contributed by atoms with Gasteiger partial charge in [-0.1, -0.05) is 25.5 Å². The van der Waals surface area contributed by atoms with Crippen LogP contribution >= 0.6 is 0 Å². The number of carbonyl (C=O) groups excluding carboxylic acids is 2. The molecule has 1 unspecified atom stereocenters. The first-order valence-corrected chi connectivity index (χ1v) is 9.12. The van der Waals surface area contributed by atoms with Crippen molar-refractivity contribution in [3.05, 3.63) is 24.3 Å². The molecule has 2 amide bonds. The van der Waals surface area contributed by atoms with Crippen molar-refractivity contribution in [1.29, 1.82) is 0 Å². The fourth-order valence-electron chi connectivity index (χ4n) is 3.82. The molecule has 130 valence electrons. The van der Waals surface area contributed by atoms with Crippen molar-refractivity contribution < 1.29 is 9.59 Å². The number of para-hydroxylation sites is 2. The average Bonchev–Trinajstić information content (AvgIpc) is 3.01. The predicted molar refractivity (Wildman–Crippen MR) is 96.2 cm³/mol. The van der Waals surface area contributed by atoms with Crippen molar-refractivity contribution in [3.8, 4) is 0 Å². The third kappa shape index (κ3) is 3.78. The van der Waals surface area contributed by atoms with Gasteiger partial charge in [-0.05, 0) is 44.4 Å². The minimum absolute atomic E-state index is 0.00875. The Morgan fingerprint density at radius 2 is 2.04 bits per heavy atom. The molecule has 0 spiro atoms. The highest BCUT2D eigenvalue weighted by atomic mass is 16.2. The molecule has 24 heavy (non-hydrogen) atoms. The lowest BCUT2D eigenvalue weighted by Crippen LogP contribution is -2.43. The number of amides is 2. The molecule has 2 fully saturated rings. The predicted octanol–water partition coefficient (Wildman–Crippen LogP) is 3.02. The van der Waals surface area contributed by atoms with E-state index in [1.54, 1.807) is 4.90 Å². The molecule has 0 aliphatic carbocycles. The number of hydrogen-bond acceptors (Lipinski definition) is 3. The minimum Gasteiger partial charge on any atom is -0.323 e. The van der Waals surface area contributed by atoms with Crippen LogP contribution in [0.3, 0.4) is 0 Å². The van der Waals surface area contributed by atoms with Crippen LogP contribution in [0.15, 0.2) is 24.3 Å². The molecule has 0 bridgehead atoms. The zero-order valence-corrected chi connectivity index (χ0v) is 14.5. The van der Waals surface area contributed by atoms with E-state index in [2.05, 4.69) is 17.1 Å². The van der Waals surface area contributed by atoms with Crippen molar-refractivity contribution in [3.63, 3.8) is 0 Å². The molecule has 0 aromatic heterocycles. The Morgan fingerprint density at radius 1 is 1.21 bits per heavy atom. The molecule has 5 nitrogen and oxygen atoms in total. The van der Waals surface area contributed by atoms with E-state index < -0.39 is 0 Å². The second kappa shape index (κ2) is 7.79. The first kappa shape index (κ1) is 17.0. The fourth-order valence-corrected chi connectivity index (χ4v) is 3.82. The summed E-state index contributed by atoms with van der Waals surface area (Å²) in [6.45, 7) is 4.35. The van der Waals surface area contributed by atoms with Crippen LogP contribution in [0.5, 0.6) is 0 Å². The summed E-state index contributed by atoms with van der Waals surface area (Å²) < 4.78 is 0. The van der Waals surface area contributed by atoms with Gasteiger partial charge >= 0.3 is 0 Å². The zero-order chi connectivity index (χ0) is 16.9. The topological polar surface area (TPSA) is 52.7 Å². The second-order valence-electron chi connectivity index (χ2n) is 6.74. The number of nitrogens with zero attached hydrogens (tertiary/aromatic N) is 2. The molecule has 0 radical (unpaired) electrons. The van der Waals surface area contributed by atoms with Crippen LogP contribution in [0.1, 0.15) is 45.4 Å². The van der Waals surface area contributed by atoms with Crippen molar-refractivity contribution in [2.75, 3.05) is 29.9 Å². The second-order valence-corrected chi connectivity index (χ2v) is 6.74. The van der Waals surface area contributed by atoms with Gasteiger partial charge in [-0.3, -0.25) is 14.5 Å². The van der Waals surface area contributed by atoms with Gasteiger partial charge < -0.3 is 10.2 Å². The fraction of sp³-hybridized carbons (Fsp3) is 0.579. The van der Waals surface area contributed by atoms with Crippen LogP contribution in [-0.4, -0.2) is 42.4 Å². The van der Waals surface area contributed by atoms with Crippen LogP contribution < -0.4 is 10.2 Å². The molecule has 2 saturated heterocycles. The maximum absolute atomic E-state index is 12.5. The van der Waals surface area contributed by atoms with Gasteiger partial charge in [-0.15, -0.1) is 0 Å². The molecule has 2 aliphatic rings. The number of hydrogen-bond donors (Lipinski definition) is 1. The molecule has 5 heteroatoms. The summed E-state index contributed by atoms with van der Waals surface area (Å²) in [4.78, 5) is 28.6. The van der Waals surface area contributed by atoms with Crippen molar-refractivity contribution in [1.82, 2.24) is 4.90 Å². The van der Waals surface area contributed by atoms with Crippen LogP contribution in [0, 0.1) is 0 Å². The SMILES string of the molecule is CCC1CCCCN1CC(=O)Nc1ccccc1N1CCCC1=O. The lowest BCUT2D eigenvalue weighted by Gasteiger charge is -2.34. The largest absolute Gasteiger partial charge is 0.323 e. The van der Waals surface area contributed by atoms with E-state index in [1.165, 1.54) is 19.3 Å². The van der Waals surface area contributed by atoms with Gasteiger partial charge in [0.25, 0.3) is 0 Å². The van der Waals surface area contributed by atoms with Gasteiger partial charge in [-0.2, -0.15) is 0 Å². The molecule has 1 aromatic rings. The van der Waals surface area contributed by atoms with Crippen LogP contribution in [0.2, 0.25) is 0 Å². The summed E-state index contributed by atoms with van der Waals surface area (Å²) in [7, 11) is 0. The van der Waals surface area contributed by atoms with Crippen molar-refractivity contribution >= 4 is 23.2 Å². The summed E-state index contributed by atoms with van der Waals surface area (Å²) in [6.07, 6.45) is 6.18. The highest BCUT2D eigenvalue weighted by Gasteiger charge is 2.26. The molecule has 2 heterocycles. The van der Waals surface area contributed by atoms with E-state index in [4.69, 9.17) is 0 Å². The Balaban J connectivity index is 1.67. The Morgan fingerprint density at radius 3 is 2.79 bits per heavy atom. The van der Waals surface area contributed by atoms with Crippen LogP contribution in [-0.2, 0) is 9.59 Å². The molecule has 3 rings (SSSR count). The molecular weight excluding hydrogens is 302 g/mol. The summed E-state index contributed by atoms with van der Waals surface area (Å²) in [5, 5.41) is 3.03. The molecule has 0 saturated carbocycles. The average molecular weight is 329 g/mol. The monoisotopic (exact) mass is 329 g/mol. The first-order chi connectivity index (χ1) is 11.7. The first-order valence-electron chi connectivity index (χ1n) is 9.12. The normalized spacial score (nSPS) is 22.0. The van der Waals surface area contributed by atoms with Crippen molar-refractivity contribution in [2.45, 2.75) is 51.5 Å². The van der Waals surface area contributed by atoms with E-state index >= 15 is 0 Å². The van der Waals surface area contributed by atoms with Gasteiger partial charge in [0.1, 0.15) is 0 Å². The lowest BCUT2D eigenvalue weighted by molar-refractivity contribution is -0.118. The van der Waals surface area contributed by atoms with Crippen LogP contribution in [0.4, 0.5) is 11.4 Å². The maximum atomic E-state index is 12.5. The van der Waals surface area contributed by atoms with Gasteiger partial charge in [0.05, 0.1) is 17.9 Å². The third-order valence-electron chi connectivity index (χ3n) is 5.11. The van der Waals surface area contributed by atoms with E-state index in [0.29, 0.717) is 19.0 Å². The molecule has 2 aliphatic heterocycles. The molecule has 1 N–H and O–H groups in total. The summed E-state index contributed by atoms with van der Waals surface area (Å²) in [5.74, 6) is 0.147. The highest BCUT2D eigenvalue weighted by Crippen LogP contribution is 2.29. The van der Waals surface area contributed by atoms with E-state index in [9.17, 15) is 9.59 Å². The van der Waals surface area contributed by atoms with E-state index in [1.807, 2.05) is 24.3 Å². The summed E-state index contributed by atoms with van der Waals surface area (Å²) in [6, 6.07) is 8.12. The molecular formula is C19H27N3O2. The molecule has 1 atom stereocenters. The quantitative estimate of drug-likeness (QED) is 0.903. The minimum atomic E-state index is 0.00875. The highest BCUT2D eigenvalue weighted by molar-refractivity contribution is 6.02. The number of piperidine rings is 1. The Hall–Kier alpha value is -1.88. The van der Waals surface area contributed by atoms with Crippen LogP contribution in [0.25, 0.3) is 0 Å². The van der Waals surface area contributed by atoms with Gasteiger partial charge in [0.15, 0.2) is 0 Å². The standard InChI is InChI=1S/C19H27N3O2/c1-2-15-8-5-6-12-21(15)14-18(23)20-16-9-3-4-10-17(16)22-13-7-11-19(22)24/h3-4,9-10,15H,2,5-8,11-14H2,1H3,(H,20,23).